The smallest absolute Gasteiger partial charge is 0.259 e. The van der Waals surface area contributed by atoms with Gasteiger partial charge < -0.3 is 5.32 Å². The summed E-state index contributed by atoms with van der Waals surface area (Å²) in [6, 6.07) is 5.26. The third-order valence-electron chi connectivity index (χ3n) is 5.34. The summed E-state index contributed by atoms with van der Waals surface area (Å²) in [5.74, 6) is 0.00123. The maximum Gasteiger partial charge on any atom is 0.259 e. The molecule has 0 bridgehead atoms. The van der Waals surface area contributed by atoms with Gasteiger partial charge >= 0.3 is 0 Å². The summed E-state index contributed by atoms with van der Waals surface area (Å²) in [4.78, 5) is 31.0. The van der Waals surface area contributed by atoms with Crippen LogP contribution in [0.3, 0.4) is 0 Å². The first-order valence-corrected chi connectivity index (χ1v) is 9.28. The fraction of sp³-hybridized carbons (Fsp3) is 0.350. The average Bonchev–Trinajstić information content (AvgIpc) is 3.14. The number of anilines is 1. The molecule has 26 heavy (non-hydrogen) atoms. The molecule has 2 aliphatic rings. The van der Waals surface area contributed by atoms with Gasteiger partial charge in [-0.3, -0.25) is 19.5 Å². The van der Waals surface area contributed by atoms with E-state index in [1.54, 1.807) is 23.2 Å². The zero-order valence-corrected chi connectivity index (χ0v) is 15.5. The Morgan fingerprint density at radius 2 is 2.15 bits per heavy atom. The number of hydrogen-bond acceptors (Lipinski definition) is 3. The molecule has 1 aromatic heterocycles. The summed E-state index contributed by atoms with van der Waals surface area (Å²) in [6.45, 7) is 3.84. The molecular weight excluding hydrogens is 350 g/mol. The van der Waals surface area contributed by atoms with E-state index in [2.05, 4.69) is 10.3 Å². The van der Waals surface area contributed by atoms with Crippen LogP contribution >= 0.6 is 11.6 Å². The lowest BCUT2D eigenvalue weighted by atomic mass is 10.1. The first-order valence-electron chi connectivity index (χ1n) is 8.90. The summed E-state index contributed by atoms with van der Waals surface area (Å²) >= 11 is 6.12. The van der Waals surface area contributed by atoms with Crippen LogP contribution in [0.4, 0.5) is 5.69 Å². The van der Waals surface area contributed by atoms with E-state index in [0.29, 0.717) is 17.0 Å². The van der Waals surface area contributed by atoms with Crippen LogP contribution < -0.4 is 10.2 Å². The Morgan fingerprint density at radius 1 is 1.35 bits per heavy atom. The highest BCUT2D eigenvalue weighted by atomic mass is 35.5. The molecule has 2 heterocycles. The quantitative estimate of drug-likeness (QED) is 0.890. The number of hydrogen-bond donors (Lipinski definition) is 1. The minimum atomic E-state index is -0.103. The van der Waals surface area contributed by atoms with Crippen molar-refractivity contribution >= 4 is 29.1 Å². The third kappa shape index (κ3) is 2.58. The van der Waals surface area contributed by atoms with Gasteiger partial charge in [0.25, 0.3) is 5.91 Å². The highest BCUT2D eigenvalue weighted by molar-refractivity contribution is 6.31. The van der Waals surface area contributed by atoms with Crippen molar-refractivity contribution in [2.24, 2.45) is 0 Å². The van der Waals surface area contributed by atoms with Crippen molar-refractivity contribution in [1.82, 2.24) is 10.3 Å². The first kappa shape index (κ1) is 17.0. The summed E-state index contributed by atoms with van der Waals surface area (Å²) < 4.78 is 0. The molecular formula is C20H20ClN3O2. The molecule has 0 unspecified atom stereocenters. The Bertz CT molecular complexity index is 912. The van der Waals surface area contributed by atoms with Crippen molar-refractivity contribution in [2.75, 3.05) is 4.90 Å². The van der Waals surface area contributed by atoms with Crippen LogP contribution in [0.5, 0.6) is 0 Å². The molecule has 0 saturated heterocycles. The van der Waals surface area contributed by atoms with E-state index in [-0.39, 0.29) is 23.9 Å². The highest BCUT2D eigenvalue weighted by Crippen LogP contribution is 2.43. The number of amides is 2. The van der Waals surface area contributed by atoms with Crippen LogP contribution in [0.2, 0.25) is 5.02 Å². The second kappa shape index (κ2) is 6.40. The Hall–Kier alpha value is -2.40. The molecule has 2 atom stereocenters. The van der Waals surface area contributed by atoms with Gasteiger partial charge in [0.05, 0.1) is 24.0 Å². The molecule has 0 saturated carbocycles. The molecule has 134 valence electrons. The molecule has 2 amide bonds. The normalized spacial score (nSPS) is 20.9. The summed E-state index contributed by atoms with van der Waals surface area (Å²) in [5.41, 5.74) is 4.57. The molecule has 1 aliphatic heterocycles. The number of aromatic nitrogens is 1. The zero-order chi connectivity index (χ0) is 18.4. The van der Waals surface area contributed by atoms with Gasteiger partial charge in [-0.2, -0.15) is 0 Å². The van der Waals surface area contributed by atoms with E-state index in [9.17, 15) is 9.59 Å². The van der Waals surface area contributed by atoms with Crippen molar-refractivity contribution < 1.29 is 9.59 Å². The molecule has 1 aromatic carbocycles. The van der Waals surface area contributed by atoms with Gasteiger partial charge in [-0.25, -0.2) is 0 Å². The van der Waals surface area contributed by atoms with E-state index < -0.39 is 0 Å². The van der Waals surface area contributed by atoms with Gasteiger partial charge in [-0.1, -0.05) is 18.5 Å². The van der Waals surface area contributed by atoms with E-state index >= 15 is 0 Å². The monoisotopic (exact) mass is 369 g/mol. The van der Waals surface area contributed by atoms with E-state index in [4.69, 9.17) is 11.6 Å². The fourth-order valence-electron chi connectivity index (χ4n) is 4.00. The van der Waals surface area contributed by atoms with Crippen LogP contribution in [0.15, 0.2) is 30.6 Å². The molecule has 4 rings (SSSR count). The SMILES string of the molecule is CCC(=O)N[C@H]1CCc2c1cncc2N1C(=O)c2ccc(Cl)cc2[C@@H]1C. The van der Waals surface area contributed by atoms with Crippen molar-refractivity contribution in [2.45, 2.75) is 45.2 Å². The number of nitrogens with zero attached hydrogens (tertiary/aromatic N) is 2. The highest BCUT2D eigenvalue weighted by Gasteiger charge is 2.38. The number of pyridine rings is 1. The number of nitrogens with one attached hydrogen (secondary N) is 1. The Balaban J connectivity index is 1.73. The van der Waals surface area contributed by atoms with Crippen LogP contribution in [0.1, 0.15) is 65.8 Å². The van der Waals surface area contributed by atoms with Crippen LogP contribution in [-0.4, -0.2) is 16.8 Å². The average molecular weight is 370 g/mol. The molecule has 0 fully saturated rings. The molecule has 6 heteroatoms. The van der Waals surface area contributed by atoms with Gasteiger partial charge in [0.2, 0.25) is 5.91 Å². The lowest BCUT2D eigenvalue weighted by molar-refractivity contribution is -0.121. The molecule has 1 aliphatic carbocycles. The number of fused-ring (bicyclic) bond motifs is 2. The summed E-state index contributed by atoms with van der Waals surface area (Å²) in [7, 11) is 0. The second-order valence-corrected chi connectivity index (χ2v) is 7.26. The van der Waals surface area contributed by atoms with Crippen molar-refractivity contribution in [3.8, 4) is 0 Å². The minimum Gasteiger partial charge on any atom is -0.349 e. The number of rotatable bonds is 3. The lowest BCUT2D eigenvalue weighted by Gasteiger charge is -2.24. The largest absolute Gasteiger partial charge is 0.349 e. The fourth-order valence-corrected chi connectivity index (χ4v) is 4.18. The topological polar surface area (TPSA) is 62.3 Å². The van der Waals surface area contributed by atoms with Crippen LogP contribution in [-0.2, 0) is 11.2 Å². The number of benzene rings is 1. The van der Waals surface area contributed by atoms with Gasteiger partial charge in [0.15, 0.2) is 0 Å². The summed E-state index contributed by atoms with van der Waals surface area (Å²) in [6.07, 6.45) is 5.66. The van der Waals surface area contributed by atoms with Crippen molar-refractivity contribution in [3.05, 3.63) is 57.9 Å². The molecule has 0 radical (unpaired) electrons. The maximum absolute atomic E-state index is 13.0. The predicted octanol–water partition coefficient (Wildman–Crippen LogP) is 3.97. The standard InChI is InChI=1S/C20H20ClN3O2/c1-3-19(25)23-17-7-6-13-16(17)9-22-10-18(13)24-11(2)15-8-12(21)4-5-14(15)20(24)26/h4-5,8-11,17H,3,6-7H2,1-2H3,(H,23,25)/t11-,17-/m0/s1. The summed E-state index contributed by atoms with van der Waals surface area (Å²) in [5, 5.41) is 3.68. The van der Waals surface area contributed by atoms with Gasteiger partial charge in [-0.15, -0.1) is 0 Å². The first-order chi connectivity index (χ1) is 12.5. The van der Waals surface area contributed by atoms with Crippen LogP contribution in [0, 0.1) is 0 Å². The lowest BCUT2D eigenvalue weighted by Crippen LogP contribution is -2.28. The Kier molecular flexibility index (Phi) is 4.19. The van der Waals surface area contributed by atoms with Crippen molar-refractivity contribution in [3.63, 3.8) is 0 Å². The van der Waals surface area contributed by atoms with E-state index in [0.717, 1.165) is 35.2 Å². The minimum absolute atomic E-state index is 0.0274. The van der Waals surface area contributed by atoms with Crippen molar-refractivity contribution in [1.29, 1.82) is 0 Å². The van der Waals surface area contributed by atoms with Gasteiger partial charge in [0, 0.05) is 23.2 Å². The predicted molar refractivity (Wildman–Crippen MR) is 100 cm³/mol. The number of carbonyl (C=O) groups excluding carboxylic acids is 2. The van der Waals surface area contributed by atoms with E-state index in [1.807, 2.05) is 26.1 Å². The molecule has 1 N–H and O–H groups in total. The molecule has 0 spiro atoms. The van der Waals surface area contributed by atoms with Gasteiger partial charge in [-0.05, 0) is 54.7 Å². The third-order valence-corrected chi connectivity index (χ3v) is 5.58. The van der Waals surface area contributed by atoms with Gasteiger partial charge in [0.1, 0.15) is 0 Å². The molecule has 2 aromatic rings. The second-order valence-electron chi connectivity index (χ2n) is 6.82. The number of halogens is 1. The maximum atomic E-state index is 13.0. The number of carbonyl (C=O) groups is 2. The van der Waals surface area contributed by atoms with E-state index in [1.165, 1.54) is 0 Å². The van der Waals surface area contributed by atoms with Crippen LogP contribution in [0.25, 0.3) is 0 Å². The molecule has 5 nitrogen and oxygen atoms in total. The Labute approximate surface area is 157 Å². The Morgan fingerprint density at radius 3 is 2.92 bits per heavy atom. The zero-order valence-electron chi connectivity index (χ0n) is 14.8.